The van der Waals surface area contributed by atoms with E-state index in [1.54, 1.807) is 0 Å². The van der Waals surface area contributed by atoms with Crippen LogP contribution < -0.4 is 4.90 Å². The fourth-order valence-electron chi connectivity index (χ4n) is 2.89. The van der Waals surface area contributed by atoms with Gasteiger partial charge in [0.15, 0.2) is 15.0 Å². The first kappa shape index (κ1) is 15.6. The Balaban J connectivity index is 2.00. The Labute approximate surface area is 134 Å². The Kier molecular flexibility index (Phi) is 4.03. The second-order valence-corrected chi connectivity index (χ2v) is 8.96. The van der Waals surface area contributed by atoms with Crippen molar-refractivity contribution in [3.05, 3.63) is 29.8 Å². The number of anilines is 1. The molecule has 5 nitrogen and oxygen atoms in total. The summed E-state index contributed by atoms with van der Waals surface area (Å²) in [6.45, 7) is 3.50. The van der Waals surface area contributed by atoms with Gasteiger partial charge in [-0.1, -0.05) is 30.8 Å². The zero-order chi connectivity index (χ0) is 15.9. The van der Waals surface area contributed by atoms with Gasteiger partial charge in [0.1, 0.15) is 0 Å². The van der Waals surface area contributed by atoms with Gasteiger partial charge in [0, 0.05) is 17.9 Å². The number of carbonyl (C=O) groups excluding carboxylic acids is 1. The minimum absolute atomic E-state index is 0.0473. The van der Waals surface area contributed by atoms with Crippen LogP contribution in [0.3, 0.4) is 0 Å². The number of aryl methyl sites for hydroxylation is 1. The van der Waals surface area contributed by atoms with Crippen LogP contribution in [0.1, 0.15) is 19.4 Å². The molecule has 0 spiro atoms. The molecule has 1 aromatic carbocycles. The van der Waals surface area contributed by atoms with E-state index >= 15 is 0 Å². The molecule has 2 aliphatic rings. The minimum Gasteiger partial charge on any atom is -0.316 e. The van der Waals surface area contributed by atoms with Crippen molar-refractivity contribution in [3.63, 3.8) is 0 Å². The molecule has 0 saturated carbocycles. The number of amidine groups is 1. The number of aliphatic imine (C=N–C) groups is 1. The average molecular weight is 338 g/mol. The van der Waals surface area contributed by atoms with Crippen LogP contribution in [0.25, 0.3) is 0 Å². The van der Waals surface area contributed by atoms with Gasteiger partial charge in [-0.15, -0.1) is 0 Å². The van der Waals surface area contributed by atoms with Crippen LogP contribution in [0.4, 0.5) is 5.69 Å². The van der Waals surface area contributed by atoms with Crippen molar-refractivity contribution in [1.29, 1.82) is 0 Å². The van der Waals surface area contributed by atoms with E-state index in [1.807, 2.05) is 29.2 Å². The standard InChI is InChI=1S/C15H18N2O3S2/c1-3-11-4-6-12(7-5-11)17-13-8-22(19,20)9-14(13)21-15(17)16-10(2)18/h4-7,13-14H,3,8-9H2,1-2H3. The van der Waals surface area contributed by atoms with Crippen LogP contribution in [0.5, 0.6) is 0 Å². The summed E-state index contributed by atoms with van der Waals surface area (Å²) in [6.07, 6.45) is 0.948. The number of rotatable bonds is 2. The van der Waals surface area contributed by atoms with E-state index in [1.165, 1.54) is 24.2 Å². The highest BCUT2D eigenvalue weighted by molar-refractivity contribution is 8.16. The normalized spacial score (nSPS) is 28.1. The maximum atomic E-state index is 11.9. The fourth-order valence-corrected chi connectivity index (χ4v) is 6.85. The largest absolute Gasteiger partial charge is 0.316 e. The second-order valence-electron chi connectivity index (χ2n) is 5.60. The number of carbonyl (C=O) groups is 1. The number of sulfone groups is 1. The van der Waals surface area contributed by atoms with Crippen LogP contribution in [0.15, 0.2) is 29.3 Å². The Morgan fingerprint density at radius 2 is 2.00 bits per heavy atom. The van der Waals surface area contributed by atoms with Crippen molar-refractivity contribution < 1.29 is 13.2 Å². The van der Waals surface area contributed by atoms with Crippen LogP contribution >= 0.6 is 11.8 Å². The molecule has 0 aliphatic carbocycles. The first-order valence-corrected chi connectivity index (χ1v) is 9.94. The number of thioether (sulfide) groups is 1. The summed E-state index contributed by atoms with van der Waals surface area (Å²) in [5, 5.41) is 0.565. The Bertz CT molecular complexity index is 726. The number of nitrogens with zero attached hydrogens (tertiary/aromatic N) is 2. The van der Waals surface area contributed by atoms with Crippen molar-refractivity contribution in [1.82, 2.24) is 0 Å². The average Bonchev–Trinajstić information content (AvgIpc) is 2.89. The van der Waals surface area contributed by atoms with Crippen LogP contribution in [0, 0.1) is 0 Å². The van der Waals surface area contributed by atoms with E-state index < -0.39 is 9.84 Å². The number of hydrogen-bond acceptors (Lipinski definition) is 4. The van der Waals surface area contributed by atoms with Gasteiger partial charge in [-0.25, -0.2) is 8.42 Å². The van der Waals surface area contributed by atoms with E-state index in [2.05, 4.69) is 11.9 Å². The van der Waals surface area contributed by atoms with Crippen molar-refractivity contribution in [3.8, 4) is 0 Å². The topological polar surface area (TPSA) is 66.8 Å². The summed E-state index contributed by atoms with van der Waals surface area (Å²) < 4.78 is 23.8. The van der Waals surface area contributed by atoms with E-state index in [0.717, 1.165) is 12.1 Å². The molecule has 2 saturated heterocycles. The first-order valence-electron chi connectivity index (χ1n) is 7.24. The third-order valence-corrected chi connectivity index (χ3v) is 7.15. The molecule has 22 heavy (non-hydrogen) atoms. The molecule has 0 N–H and O–H groups in total. The Hall–Kier alpha value is -1.34. The minimum atomic E-state index is -3.01. The number of benzene rings is 1. The molecular weight excluding hydrogens is 320 g/mol. The molecule has 7 heteroatoms. The van der Waals surface area contributed by atoms with Gasteiger partial charge in [-0.3, -0.25) is 4.79 Å². The van der Waals surface area contributed by atoms with Gasteiger partial charge in [-0.05, 0) is 24.1 Å². The van der Waals surface area contributed by atoms with Crippen LogP contribution in [-0.4, -0.2) is 42.3 Å². The molecule has 2 atom stereocenters. The maximum Gasteiger partial charge on any atom is 0.244 e. The lowest BCUT2D eigenvalue weighted by atomic mass is 10.1. The highest BCUT2D eigenvalue weighted by Crippen LogP contribution is 2.40. The predicted octanol–water partition coefficient (Wildman–Crippen LogP) is 1.87. The number of hydrogen-bond donors (Lipinski definition) is 0. The summed E-state index contributed by atoms with van der Waals surface area (Å²) in [6, 6.07) is 7.87. The highest BCUT2D eigenvalue weighted by atomic mass is 32.2. The van der Waals surface area contributed by atoms with E-state index in [-0.39, 0.29) is 28.7 Å². The van der Waals surface area contributed by atoms with Gasteiger partial charge in [-0.2, -0.15) is 4.99 Å². The monoisotopic (exact) mass is 338 g/mol. The van der Waals surface area contributed by atoms with Gasteiger partial charge >= 0.3 is 0 Å². The van der Waals surface area contributed by atoms with Gasteiger partial charge in [0.05, 0.1) is 17.5 Å². The molecule has 118 valence electrons. The van der Waals surface area contributed by atoms with E-state index in [4.69, 9.17) is 0 Å². The van der Waals surface area contributed by atoms with Crippen LogP contribution in [-0.2, 0) is 21.1 Å². The lowest BCUT2D eigenvalue weighted by Gasteiger charge is -2.24. The van der Waals surface area contributed by atoms with Gasteiger partial charge < -0.3 is 4.90 Å². The van der Waals surface area contributed by atoms with Crippen molar-refractivity contribution >= 4 is 38.4 Å². The van der Waals surface area contributed by atoms with E-state index in [0.29, 0.717) is 5.17 Å². The van der Waals surface area contributed by atoms with Crippen LogP contribution in [0.2, 0.25) is 0 Å². The molecule has 0 radical (unpaired) electrons. The van der Waals surface area contributed by atoms with Crippen molar-refractivity contribution in [2.24, 2.45) is 4.99 Å². The molecule has 0 bridgehead atoms. The predicted molar refractivity (Wildman–Crippen MR) is 90.2 cm³/mol. The third kappa shape index (κ3) is 2.92. The molecule has 2 unspecified atom stereocenters. The third-order valence-electron chi connectivity index (χ3n) is 3.94. The molecular formula is C15H18N2O3S2. The van der Waals surface area contributed by atoms with Gasteiger partial charge in [0.25, 0.3) is 0 Å². The smallest absolute Gasteiger partial charge is 0.244 e. The SMILES string of the molecule is CCc1ccc(N2C(=NC(C)=O)SC3CS(=O)(=O)CC32)cc1. The zero-order valence-corrected chi connectivity index (χ0v) is 14.2. The molecule has 1 aromatic rings. The first-order chi connectivity index (χ1) is 10.4. The molecule has 2 heterocycles. The number of amides is 1. The summed E-state index contributed by atoms with van der Waals surface area (Å²) in [5.74, 6) is 0.0143. The molecule has 3 rings (SSSR count). The molecule has 0 aromatic heterocycles. The summed E-state index contributed by atoms with van der Waals surface area (Å²) in [5.41, 5.74) is 2.12. The zero-order valence-electron chi connectivity index (χ0n) is 12.5. The molecule has 2 fully saturated rings. The Morgan fingerprint density at radius 1 is 1.32 bits per heavy atom. The fraction of sp³-hybridized carbons (Fsp3) is 0.467. The van der Waals surface area contributed by atoms with E-state index in [9.17, 15) is 13.2 Å². The maximum absolute atomic E-state index is 11.9. The summed E-state index contributed by atoms with van der Waals surface area (Å²) in [4.78, 5) is 17.4. The van der Waals surface area contributed by atoms with Crippen molar-refractivity contribution in [2.45, 2.75) is 31.6 Å². The lowest BCUT2D eigenvalue weighted by molar-refractivity contribution is -0.115. The summed E-state index contributed by atoms with van der Waals surface area (Å²) in [7, 11) is -3.01. The second kappa shape index (κ2) is 5.70. The lowest BCUT2D eigenvalue weighted by Crippen LogP contribution is -2.37. The summed E-state index contributed by atoms with van der Waals surface area (Å²) >= 11 is 1.40. The Morgan fingerprint density at radius 3 is 2.59 bits per heavy atom. The molecule has 1 amide bonds. The quantitative estimate of drug-likeness (QED) is 0.823. The molecule has 2 aliphatic heterocycles. The number of fused-ring (bicyclic) bond motifs is 1. The van der Waals surface area contributed by atoms with Gasteiger partial charge in [0.2, 0.25) is 5.91 Å². The highest BCUT2D eigenvalue weighted by Gasteiger charge is 2.49. The van der Waals surface area contributed by atoms with Crippen molar-refractivity contribution in [2.75, 3.05) is 16.4 Å².